The maximum Gasteiger partial charge on any atom is 1.00 e. The zero-order valence-electron chi connectivity index (χ0n) is 28.0. The number of nitrogens with zero attached hydrogens (tertiary/aromatic N) is 2. The molecule has 0 unspecified atom stereocenters. The Kier molecular flexibility index (Phi) is 23.0. The van der Waals surface area contributed by atoms with E-state index in [0.717, 1.165) is 25.8 Å². The van der Waals surface area contributed by atoms with E-state index in [9.17, 15) is 0 Å². The summed E-state index contributed by atoms with van der Waals surface area (Å²) in [5.74, 6) is 5.01. The summed E-state index contributed by atoms with van der Waals surface area (Å²) in [4.78, 5) is 3.49. The average molecular weight is 825 g/mol. The summed E-state index contributed by atoms with van der Waals surface area (Å²) >= 11 is 0. The Balaban J connectivity index is 0.000000491. The zero-order valence-corrected chi connectivity index (χ0v) is 32.5. The smallest absolute Gasteiger partial charge is 0.363 e. The predicted molar refractivity (Wildman–Crippen MR) is 210 cm³/mol. The van der Waals surface area contributed by atoms with Gasteiger partial charge in [-0.25, -0.2) is 0 Å². The number of aliphatic imine (C=N–C) groups is 1. The number of hydrogen-bond donors (Lipinski definition) is 0. The van der Waals surface area contributed by atoms with Crippen molar-refractivity contribution in [3.63, 3.8) is 0 Å². The molecule has 241 valence electrons. The molecule has 0 bridgehead atoms. The molecule has 0 amide bonds. The van der Waals surface area contributed by atoms with Crippen molar-refractivity contribution in [1.82, 2.24) is 0 Å². The summed E-state index contributed by atoms with van der Waals surface area (Å²) in [5.41, 5.74) is 0. The van der Waals surface area contributed by atoms with Gasteiger partial charge in [-0.05, 0) is 81.4 Å². The Morgan fingerprint density at radius 2 is 0.978 bits per heavy atom. The summed E-state index contributed by atoms with van der Waals surface area (Å²) < 4.78 is 2.26. The van der Waals surface area contributed by atoms with Crippen molar-refractivity contribution in [1.29, 1.82) is 0 Å². The molecule has 0 heterocycles. The van der Waals surface area contributed by atoms with Crippen LogP contribution in [0, 0.1) is 6.04 Å². The maximum atomic E-state index is 3.69. The van der Waals surface area contributed by atoms with Crippen LogP contribution in [-0.4, -0.2) is 24.1 Å². The SMILES string of the molecule is C(=C/[PH+](c1ccccc1)c1ccccc1)/[PH+](c1ccccc1)c1ccccc1.C=CC=[N+](CC)[C-](CC)CC.C=N/C=C\CC.[Os+]. The van der Waals surface area contributed by atoms with Crippen molar-refractivity contribution in [2.45, 2.75) is 47.0 Å². The second-order valence-corrected chi connectivity index (χ2v) is 14.7. The molecule has 0 N–H and O–H groups in total. The summed E-state index contributed by atoms with van der Waals surface area (Å²) in [6.07, 6.45) is 10.8. The Bertz CT molecular complexity index is 1250. The first-order valence-electron chi connectivity index (χ1n) is 15.9. The van der Waals surface area contributed by atoms with E-state index < -0.39 is 15.8 Å². The van der Waals surface area contributed by atoms with Crippen LogP contribution < -0.4 is 21.2 Å². The average Bonchev–Trinajstić information content (AvgIpc) is 3.11. The molecule has 46 heavy (non-hydrogen) atoms. The van der Waals surface area contributed by atoms with Gasteiger partial charge in [0.15, 0.2) is 0 Å². The van der Waals surface area contributed by atoms with Crippen molar-refractivity contribution in [2.24, 2.45) is 4.99 Å². The molecule has 0 saturated carbocycles. The number of allylic oxidation sites excluding steroid dienone is 2. The van der Waals surface area contributed by atoms with E-state index in [-0.39, 0.29) is 19.8 Å². The molecule has 0 spiro atoms. The predicted octanol–water partition coefficient (Wildman–Crippen LogP) is 9.42. The van der Waals surface area contributed by atoms with Gasteiger partial charge in [-0.1, -0.05) is 106 Å². The van der Waals surface area contributed by atoms with E-state index in [1.165, 1.54) is 27.3 Å². The van der Waals surface area contributed by atoms with Crippen molar-refractivity contribution in [3.05, 3.63) is 164 Å². The van der Waals surface area contributed by atoms with Gasteiger partial charge >= 0.3 is 19.8 Å². The topological polar surface area (TPSA) is 15.4 Å². The van der Waals surface area contributed by atoms with Gasteiger partial charge < -0.3 is 4.58 Å². The first-order valence-corrected chi connectivity index (χ1v) is 19.1. The third-order valence-corrected chi connectivity index (χ3v) is 12.2. The third-order valence-electron chi connectivity index (χ3n) is 7.05. The van der Waals surface area contributed by atoms with Crippen LogP contribution in [0.5, 0.6) is 0 Å². The van der Waals surface area contributed by atoms with Gasteiger partial charge in [0.25, 0.3) is 0 Å². The summed E-state index contributed by atoms with van der Waals surface area (Å²) in [6.45, 7) is 16.6. The number of rotatable bonds is 13. The molecule has 0 aliphatic carbocycles. The Labute approximate surface area is 295 Å². The fraction of sp³-hybridized carbons (Fsp3) is 0.195. The maximum absolute atomic E-state index is 3.69. The largest absolute Gasteiger partial charge is 1.00 e. The summed E-state index contributed by atoms with van der Waals surface area (Å²) in [7, 11) is -1.93. The van der Waals surface area contributed by atoms with Gasteiger partial charge in [0.05, 0.1) is 15.8 Å². The fourth-order valence-electron chi connectivity index (χ4n) is 4.75. The monoisotopic (exact) mass is 826 g/mol. The van der Waals surface area contributed by atoms with Gasteiger partial charge in [-0.15, -0.1) is 6.58 Å². The molecule has 4 aromatic rings. The van der Waals surface area contributed by atoms with E-state index in [2.05, 4.69) is 184 Å². The van der Waals surface area contributed by atoms with Gasteiger partial charge in [-0.2, -0.15) is 0 Å². The minimum atomic E-state index is -0.964. The molecule has 4 aromatic carbocycles. The van der Waals surface area contributed by atoms with Crippen molar-refractivity contribution in [3.8, 4) is 0 Å². The quantitative estimate of drug-likeness (QED) is 0.0553. The van der Waals surface area contributed by atoms with Crippen LogP contribution in [-0.2, 0) is 19.8 Å². The fourth-order valence-corrected chi connectivity index (χ4v) is 9.73. The normalized spacial score (nSPS) is 10.9. The van der Waals surface area contributed by atoms with Crippen LogP contribution in [0.3, 0.4) is 0 Å². The molecule has 0 fully saturated rings. The van der Waals surface area contributed by atoms with Crippen LogP contribution >= 0.6 is 15.8 Å². The molecule has 0 aromatic heterocycles. The zero-order chi connectivity index (χ0) is 32.5. The third kappa shape index (κ3) is 14.9. The molecule has 1 radical (unpaired) electrons. The minimum absolute atomic E-state index is 0. The second kappa shape index (κ2) is 25.9. The first kappa shape index (κ1) is 40.8. The van der Waals surface area contributed by atoms with Crippen LogP contribution in [0.15, 0.2) is 163 Å². The van der Waals surface area contributed by atoms with E-state index in [1.54, 1.807) is 6.20 Å². The molecular formula is C41H52N2OsP2+3. The standard InChI is InChI=1S/C26H22P2.C10H19N.C5H9N.Os/c1-5-13-23(14-6-1)27(24-15-7-2-8-16-24)21-22-28(25-17-9-3-10-18-25)26-19-11-4-12-20-26;1-5-9-11(8-4)10(6-2)7-3;1-3-4-5-6-2;/h1-22H;5,9H,1,6-8H2,2-4H3;4-5H,2-3H2,1H3;/q;;;+1/p+2/b22-21-;;5-4-;. The van der Waals surface area contributed by atoms with Gasteiger partial charge in [0.2, 0.25) is 0 Å². The van der Waals surface area contributed by atoms with Gasteiger partial charge in [0.1, 0.15) is 39.4 Å². The Morgan fingerprint density at radius 1 is 0.630 bits per heavy atom. The molecule has 0 aliphatic rings. The van der Waals surface area contributed by atoms with Crippen molar-refractivity contribution in [2.75, 3.05) is 6.54 Å². The molecule has 0 atom stereocenters. The van der Waals surface area contributed by atoms with Gasteiger partial charge in [0, 0.05) is 18.5 Å². The summed E-state index contributed by atoms with van der Waals surface area (Å²) in [6, 6.07) is 45.2. The summed E-state index contributed by atoms with van der Waals surface area (Å²) in [5, 5.41) is 5.71. The molecule has 5 heteroatoms. The van der Waals surface area contributed by atoms with E-state index in [1.807, 2.05) is 18.4 Å². The van der Waals surface area contributed by atoms with Crippen LogP contribution in [0.2, 0.25) is 0 Å². The molecule has 4 rings (SSSR count). The van der Waals surface area contributed by atoms with Crippen LogP contribution in [0.25, 0.3) is 0 Å². The molecule has 2 nitrogen and oxygen atoms in total. The van der Waals surface area contributed by atoms with E-state index in [4.69, 9.17) is 0 Å². The Hall–Kier alpha value is -3.19. The van der Waals surface area contributed by atoms with Gasteiger partial charge in [-0.3, -0.25) is 4.99 Å². The van der Waals surface area contributed by atoms with Crippen LogP contribution in [0.4, 0.5) is 0 Å². The molecular weight excluding hydrogens is 773 g/mol. The number of benzene rings is 4. The Morgan fingerprint density at radius 3 is 1.20 bits per heavy atom. The second-order valence-electron chi connectivity index (χ2n) is 10.0. The first-order chi connectivity index (χ1) is 22.1. The van der Waals surface area contributed by atoms with E-state index >= 15 is 0 Å². The van der Waals surface area contributed by atoms with Crippen molar-refractivity contribution < 1.29 is 24.4 Å². The van der Waals surface area contributed by atoms with E-state index in [0.29, 0.717) is 0 Å². The number of hydrogen-bond acceptors (Lipinski definition) is 1. The van der Waals surface area contributed by atoms with Crippen LogP contribution in [0.1, 0.15) is 47.0 Å². The van der Waals surface area contributed by atoms with Crippen molar-refractivity contribution >= 4 is 50.0 Å². The molecule has 0 aliphatic heterocycles. The minimum Gasteiger partial charge on any atom is -0.363 e. The molecule has 0 saturated heterocycles.